The minimum Gasteiger partial charge on any atom is -0.481 e. The predicted octanol–water partition coefficient (Wildman–Crippen LogP) is 4.22. The Balaban J connectivity index is 1.30. The van der Waals surface area contributed by atoms with E-state index in [1.54, 1.807) is 18.4 Å². The molecule has 0 saturated carbocycles. The van der Waals surface area contributed by atoms with Gasteiger partial charge in [0.2, 0.25) is 5.88 Å². The molecule has 2 aliphatic heterocycles. The fraction of sp³-hybridized carbons (Fsp3) is 0.500. The number of pyridine rings is 2. The second kappa shape index (κ2) is 8.24. The van der Waals surface area contributed by atoms with E-state index in [9.17, 15) is 0 Å². The third kappa shape index (κ3) is 3.94. The Morgan fingerprint density at radius 3 is 2.48 bits per heavy atom. The Hall–Kier alpha value is -2.25. The summed E-state index contributed by atoms with van der Waals surface area (Å²) in [6.07, 6.45) is 10.3. The van der Waals surface area contributed by atoms with Crippen LogP contribution in [0.15, 0.2) is 30.6 Å². The zero-order valence-corrected chi connectivity index (χ0v) is 17.7. The predicted molar refractivity (Wildman–Crippen MR) is 118 cm³/mol. The first kappa shape index (κ1) is 18.8. The summed E-state index contributed by atoms with van der Waals surface area (Å²) in [4.78, 5) is 18.9. The molecule has 2 aliphatic rings. The van der Waals surface area contributed by atoms with Gasteiger partial charge in [-0.3, -0.25) is 0 Å². The number of aromatic nitrogens is 3. The van der Waals surface area contributed by atoms with Crippen LogP contribution in [-0.2, 0) is 0 Å². The van der Waals surface area contributed by atoms with E-state index in [4.69, 9.17) is 9.72 Å². The number of anilines is 1. The van der Waals surface area contributed by atoms with Gasteiger partial charge in [-0.25, -0.2) is 9.97 Å². The van der Waals surface area contributed by atoms with Crippen LogP contribution in [0.1, 0.15) is 32.1 Å². The van der Waals surface area contributed by atoms with Crippen molar-refractivity contribution in [1.29, 1.82) is 0 Å². The van der Waals surface area contributed by atoms with Gasteiger partial charge >= 0.3 is 0 Å². The lowest BCUT2D eigenvalue weighted by molar-refractivity contribution is 0.141. The van der Waals surface area contributed by atoms with Crippen molar-refractivity contribution in [3.8, 4) is 17.0 Å². The largest absolute Gasteiger partial charge is 0.481 e. The van der Waals surface area contributed by atoms with Gasteiger partial charge in [-0.2, -0.15) is 4.98 Å². The van der Waals surface area contributed by atoms with E-state index in [0.717, 1.165) is 45.7 Å². The molecule has 0 spiro atoms. The average molecular weight is 410 g/mol. The minimum atomic E-state index is 0.621. The number of likely N-dealkylation sites (tertiary alicyclic amines) is 1. The molecule has 0 atom stereocenters. The zero-order chi connectivity index (χ0) is 19.6. The normalized spacial score (nSPS) is 19.0. The molecule has 0 aromatic carbocycles. The lowest BCUT2D eigenvalue weighted by Crippen LogP contribution is -2.46. The van der Waals surface area contributed by atoms with E-state index >= 15 is 0 Å². The quantitative estimate of drug-likeness (QED) is 0.643. The topological polar surface area (TPSA) is 54.4 Å². The van der Waals surface area contributed by atoms with Crippen LogP contribution < -0.4 is 9.64 Å². The van der Waals surface area contributed by atoms with Crippen molar-refractivity contribution >= 4 is 26.8 Å². The van der Waals surface area contributed by atoms with Crippen molar-refractivity contribution in [2.75, 3.05) is 38.2 Å². The summed E-state index contributed by atoms with van der Waals surface area (Å²) in [5.41, 5.74) is 2.94. The Morgan fingerprint density at radius 2 is 1.76 bits per heavy atom. The molecule has 0 amide bonds. The second-order valence-electron chi connectivity index (χ2n) is 7.95. The highest BCUT2D eigenvalue weighted by atomic mass is 32.1. The second-order valence-corrected chi connectivity index (χ2v) is 8.96. The van der Waals surface area contributed by atoms with Crippen LogP contribution in [0.5, 0.6) is 5.88 Å². The molecule has 152 valence electrons. The summed E-state index contributed by atoms with van der Waals surface area (Å²) >= 11 is 1.75. The van der Waals surface area contributed by atoms with Gasteiger partial charge in [-0.1, -0.05) is 17.8 Å². The van der Waals surface area contributed by atoms with Gasteiger partial charge in [-0.15, -0.1) is 0 Å². The lowest BCUT2D eigenvalue weighted by Gasteiger charge is -2.40. The number of hydrogen-bond acceptors (Lipinski definition) is 7. The van der Waals surface area contributed by atoms with Crippen LogP contribution in [0.25, 0.3) is 21.5 Å². The summed E-state index contributed by atoms with van der Waals surface area (Å²) in [7, 11) is 1.63. The fourth-order valence-corrected chi connectivity index (χ4v) is 5.49. The van der Waals surface area contributed by atoms with Crippen LogP contribution >= 0.6 is 11.3 Å². The van der Waals surface area contributed by atoms with E-state index < -0.39 is 0 Å². The maximum atomic E-state index is 5.15. The molecular weight excluding hydrogens is 382 g/mol. The van der Waals surface area contributed by atoms with E-state index in [-0.39, 0.29) is 0 Å². The van der Waals surface area contributed by atoms with Gasteiger partial charge in [0.1, 0.15) is 0 Å². The highest BCUT2D eigenvalue weighted by molar-refractivity contribution is 7.22. The van der Waals surface area contributed by atoms with Gasteiger partial charge in [-0.05, 0) is 50.9 Å². The van der Waals surface area contributed by atoms with Crippen molar-refractivity contribution < 1.29 is 4.74 Å². The average Bonchev–Trinajstić information content (AvgIpc) is 3.23. The Morgan fingerprint density at radius 1 is 0.966 bits per heavy atom. The number of piperidine rings is 2. The number of hydrogen-bond donors (Lipinski definition) is 0. The molecule has 6 nitrogen and oxygen atoms in total. The summed E-state index contributed by atoms with van der Waals surface area (Å²) in [5, 5.41) is 1.11. The van der Waals surface area contributed by atoms with Crippen molar-refractivity contribution in [3.05, 3.63) is 30.6 Å². The van der Waals surface area contributed by atoms with E-state index in [2.05, 4.69) is 25.8 Å². The number of ether oxygens (including phenoxy) is 1. The molecule has 3 aromatic rings. The monoisotopic (exact) mass is 409 g/mol. The van der Waals surface area contributed by atoms with Gasteiger partial charge in [0.25, 0.3) is 0 Å². The van der Waals surface area contributed by atoms with E-state index in [1.165, 1.54) is 45.2 Å². The van der Waals surface area contributed by atoms with Crippen LogP contribution in [0.4, 0.5) is 5.13 Å². The molecule has 0 bridgehead atoms. The molecule has 3 aromatic heterocycles. The van der Waals surface area contributed by atoms with E-state index in [0.29, 0.717) is 5.88 Å². The first-order valence-corrected chi connectivity index (χ1v) is 11.4. The van der Waals surface area contributed by atoms with Crippen molar-refractivity contribution in [3.63, 3.8) is 0 Å². The molecule has 0 radical (unpaired) electrons. The third-order valence-electron chi connectivity index (χ3n) is 6.16. The molecule has 7 heteroatoms. The zero-order valence-electron chi connectivity index (χ0n) is 16.9. The highest BCUT2D eigenvalue weighted by Gasteiger charge is 2.27. The number of nitrogens with zero attached hydrogens (tertiary/aromatic N) is 5. The van der Waals surface area contributed by atoms with Gasteiger partial charge < -0.3 is 14.5 Å². The van der Waals surface area contributed by atoms with E-state index in [1.807, 2.05) is 24.5 Å². The van der Waals surface area contributed by atoms with Crippen LogP contribution in [0.3, 0.4) is 0 Å². The number of thiazole rings is 1. The Bertz CT molecular complexity index is 959. The van der Waals surface area contributed by atoms with Crippen molar-refractivity contribution in [2.24, 2.45) is 0 Å². The molecule has 5 rings (SSSR count). The van der Waals surface area contributed by atoms with Crippen molar-refractivity contribution in [2.45, 2.75) is 38.1 Å². The summed E-state index contributed by atoms with van der Waals surface area (Å²) in [6.45, 7) is 4.77. The fourth-order valence-electron chi connectivity index (χ4n) is 4.48. The summed E-state index contributed by atoms with van der Waals surface area (Å²) < 4.78 is 6.28. The van der Waals surface area contributed by atoms with Gasteiger partial charge in [0, 0.05) is 48.7 Å². The molecule has 5 heterocycles. The molecule has 0 N–H and O–H groups in total. The number of rotatable bonds is 4. The highest BCUT2D eigenvalue weighted by Crippen LogP contribution is 2.33. The SMILES string of the molecule is COc1ccc(-c2cnc3nc(N4CCC(N5CCCCC5)CC4)sc3c2)cn1. The molecule has 2 fully saturated rings. The summed E-state index contributed by atoms with van der Waals surface area (Å²) in [5.74, 6) is 0.621. The standard InChI is InChI=1S/C22H27N5OS/c1-28-20-6-5-16(14-23-20)17-13-19-21(24-15-17)25-22(29-19)27-11-7-18(8-12-27)26-9-3-2-4-10-26/h5-6,13-15,18H,2-4,7-12H2,1H3. The van der Waals surface area contributed by atoms with Crippen molar-refractivity contribution in [1.82, 2.24) is 19.9 Å². The van der Waals surface area contributed by atoms with Gasteiger partial charge in [0.15, 0.2) is 10.8 Å². The number of methoxy groups -OCH3 is 1. The first-order chi connectivity index (χ1) is 14.3. The van der Waals surface area contributed by atoms with Crippen LogP contribution in [0.2, 0.25) is 0 Å². The van der Waals surface area contributed by atoms with Crippen LogP contribution in [0, 0.1) is 0 Å². The maximum Gasteiger partial charge on any atom is 0.212 e. The molecule has 29 heavy (non-hydrogen) atoms. The molecule has 0 aliphatic carbocycles. The molecule has 0 unspecified atom stereocenters. The Labute approximate surface area is 175 Å². The van der Waals surface area contributed by atoms with Gasteiger partial charge in [0.05, 0.1) is 11.8 Å². The maximum absolute atomic E-state index is 5.15. The Kier molecular flexibility index (Phi) is 5.33. The first-order valence-electron chi connectivity index (χ1n) is 10.6. The summed E-state index contributed by atoms with van der Waals surface area (Å²) in [6, 6.07) is 6.83. The molecular formula is C22H27N5OS. The minimum absolute atomic E-state index is 0.621. The lowest BCUT2D eigenvalue weighted by atomic mass is 10.0. The molecule has 2 saturated heterocycles. The third-order valence-corrected chi connectivity index (χ3v) is 7.21. The van der Waals surface area contributed by atoms with Crippen LogP contribution in [-0.4, -0.2) is 59.2 Å². The number of fused-ring (bicyclic) bond motifs is 1. The smallest absolute Gasteiger partial charge is 0.212 e.